The molecule has 0 fully saturated rings. The molecule has 0 bridgehead atoms. The Morgan fingerprint density at radius 3 is 2.89 bits per heavy atom. The van der Waals surface area contributed by atoms with Crippen LogP contribution in [0, 0.1) is 0 Å². The number of benzene rings is 1. The van der Waals surface area contributed by atoms with Crippen LogP contribution in [0.3, 0.4) is 0 Å². The molecule has 0 saturated heterocycles. The second-order valence-electron chi connectivity index (χ2n) is 3.75. The molecule has 19 heavy (non-hydrogen) atoms. The molecular formula is C13H13BrClN3O. The van der Waals surface area contributed by atoms with Crippen LogP contribution >= 0.6 is 27.5 Å². The number of nitrogen functional groups attached to an aromatic ring is 1. The van der Waals surface area contributed by atoms with E-state index in [4.69, 9.17) is 22.1 Å². The SMILES string of the molecule is CCOc1nc(Nc2cccc(Cl)c2Br)ccc1N. The van der Waals surface area contributed by atoms with E-state index in [0.29, 0.717) is 29.0 Å². The van der Waals surface area contributed by atoms with Crippen molar-refractivity contribution in [3.8, 4) is 5.88 Å². The molecule has 100 valence electrons. The highest BCUT2D eigenvalue weighted by Crippen LogP contribution is 2.32. The van der Waals surface area contributed by atoms with E-state index < -0.39 is 0 Å². The first-order valence-electron chi connectivity index (χ1n) is 5.72. The predicted octanol–water partition coefficient (Wildman–Crippen LogP) is 4.22. The molecule has 0 aliphatic heterocycles. The number of hydrogen-bond acceptors (Lipinski definition) is 4. The van der Waals surface area contributed by atoms with Crippen molar-refractivity contribution in [2.75, 3.05) is 17.7 Å². The van der Waals surface area contributed by atoms with Gasteiger partial charge in [0.1, 0.15) is 5.82 Å². The van der Waals surface area contributed by atoms with Crippen LogP contribution in [0.2, 0.25) is 5.02 Å². The smallest absolute Gasteiger partial charge is 0.239 e. The third-order valence-corrected chi connectivity index (χ3v) is 3.78. The molecule has 0 aliphatic rings. The number of aromatic nitrogens is 1. The van der Waals surface area contributed by atoms with Gasteiger partial charge in [-0.3, -0.25) is 0 Å². The Balaban J connectivity index is 2.28. The second kappa shape index (κ2) is 6.12. The summed E-state index contributed by atoms with van der Waals surface area (Å²) in [6.45, 7) is 2.40. The van der Waals surface area contributed by atoms with Gasteiger partial charge in [-0.15, -0.1) is 0 Å². The van der Waals surface area contributed by atoms with Crippen molar-refractivity contribution in [3.05, 3.63) is 39.8 Å². The summed E-state index contributed by atoms with van der Waals surface area (Å²) in [5.41, 5.74) is 7.12. The summed E-state index contributed by atoms with van der Waals surface area (Å²) in [6.07, 6.45) is 0. The molecule has 2 rings (SSSR count). The van der Waals surface area contributed by atoms with Gasteiger partial charge in [-0.1, -0.05) is 17.7 Å². The lowest BCUT2D eigenvalue weighted by atomic mass is 10.3. The van der Waals surface area contributed by atoms with Crippen LogP contribution in [-0.2, 0) is 0 Å². The number of anilines is 3. The molecule has 0 amide bonds. The first kappa shape index (κ1) is 14.0. The van der Waals surface area contributed by atoms with Gasteiger partial charge in [0.25, 0.3) is 0 Å². The maximum atomic E-state index is 6.03. The molecule has 0 spiro atoms. The topological polar surface area (TPSA) is 60.2 Å². The molecule has 0 radical (unpaired) electrons. The van der Waals surface area contributed by atoms with Crippen molar-refractivity contribution in [3.63, 3.8) is 0 Å². The number of pyridine rings is 1. The highest BCUT2D eigenvalue weighted by molar-refractivity contribution is 9.10. The Hall–Kier alpha value is -1.46. The number of nitrogens with zero attached hydrogens (tertiary/aromatic N) is 1. The first-order valence-corrected chi connectivity index (χ1v) is 6.89. The fourth-order valence-electron chi connectivity index (χ4n) is 1.51. The Morgan fingerprint density at radius 1 is 1.37 bits per heavy atom. The van der Waals surface area contributed by atoms with E-state index in [1.165, 1.54) is 0 Å². The molecule has 4 nitrogen and oxygen atoms in total. The molecule has 0 atom stereocenters. The van der Waals surface area contributed by atoms with Crippen molar-refractivity contribution in [1.29, 1.82) is 0 Å². The van der Waals surface area contributed by atoms with Gasteiger partial charge in [0, 0.05) is 0 Å². The Bertz CT molecular complexity index is 592. The standard InChI is InChI=1S/C13H13BrClN3O/c1-2-19-13-9(16)6-7-11(18-13)17-10-5-3-4-8(15)12(10)14/h3-7H,2,16H2,1H3,(H,17,18). The molecule has 3 N–H and O–H groups in total. The van der Waals surface area contributed by atoms with Crippen LogP contribution in [0.5, 0.6) is 5.88 Å². The lowest BCUT2D eigenvalue weighted by Gasteiger charge is -2.11. The number of hydrogen-bond donors (Lipinski definition) is 2. The molecule has 6 heteroatoms. The molecule has 2 aromatic rings. The molecular weight excluding hydrogens is 330 g/mol. The zero-order valence-electron chi connectivity index (χ0n) is 10.3. The summed E-state index contributed by atoms with van der Waals surface area (Å²) in [7, 11) is 0. The van der Waals surface area contributed by atoms with Gasteiger partial charge in [-0.05, 0) is 47.1 Å². The lowest BCUT2D eigenvalue weighted by molar-refractivity contribution is 0.329. The van der Waals surface area contributed by atoms with E-state index >= 15 is 0 Å². The van der Waals surface area contributed by atoms with Gasteiger partial charge in [0.15, 0.2) is 0 Å². The Morgan fingerprint density at radius 2 is 2.16 bits per heavy atom. The third-order valence-electron chi connectivity index (χ3n) is 2.39. The van der Waals surface area contributed by atoms with Crippen LogP contribution in [0.4, 0.5) is 17.2 Å². The van der Waals surface area contributed by atoms with Crippen LogP contribution in [0.1, 0.15) is 6.92 Å². The van der Waals surface area contributed by atoms with Gasteiger partial charge in [0.05, 0.1) is 27.5 Å². The largest absolute Gasteiger partial charge is 0.476 e. The van der Waals surface area contributed by atoms with Crippen LogP contribution in [0.25, 0.3) is 0 Å². The minimum atomic E-state index is 0.422. The zero-order chi connectivity index (χ0) is 13.8. The van der Waals surface area contributed by atoms with E-state index in [0.717, 1.165) is 10.2 Å². The van der Waals surface area contributed by atoms with E-state index in [1.807, 2.05) is 19.1 Å². The zero-order valence-corrected chi connectivity index (χ0v) is 12.6. The van der Waals surface area contributed by atoms with Crippen molar-refractivity contribution in [2.24, 2.45) is 0 Å². The van der Waals surface area contributed by atoms with Gasteiger partial charge in [-0.25, -0.2) is 0 Å². The number of nitrogens with two attached hydrogens (primary N) is 1. The Kier molecular flexibility index (Phi) is 4.50. The normalized spacial score (nSPS) is 10.3. The lowest BCUT2D eigenvalue weighted by Crippen LogP contribution is -2.02. The van der Waals surface area contributed by atoms with E-state index in [1.54, 1.807) is 18.2 Å². The summed E-state index contributed by atoms with van der Waals surface area (Å²) >= 11 is 9.46. The van der Waals surface area contributed by atoms with E-state index in [9.17, 15) is 0 Å². The summed E-state index contributed by atoms with van der Waals surface area (Å²) in [5.74, 6) is 1.06. The first-order chi connectivity index (χ1) is 9.11. The third kappa shape index (κ3) is 3.30. The highest BCUT2D eigenvalue weighted by Gasteiger charge is 2.07. The molecule has 0 saturated carbocycles. The number of rotatable bonds is 4. The van der Waals surface area contributed by atoms with Crippen LogP contribution < -0.4 is 15.8 Å². The summed E-state index contributed by atoms with van der Waals surface area (Å²) in [4.78, 5) is 4.31. The van der Waals surface area contributed by atoms with Crippen molar-refractivity contribution in [1.82, 2.24) is 4.98 Å². The average Bonchev–Trinajstić information content (AvgIpc) is 2.39. The molecule has 1 aromatic carbocycles. The van der Waals surface area contributed by atoms with E-state index in [2.05, 4.69) is 26.2 Å². The second-order valence-corrected chi connectivity index (χ2v) is 4.95. The summed E-state index contributed by atoms with van der Waals surface area (Å²) in [5, 5.41) is 3.79. The van der Waals surface area contributed by atoms with Crippen LogP contribution in [0.15, 0.2) is 34.8 Å². The maximum Gasteiger partial charge on any atom is 0.239 e. The summed E-state index contributed by atoms with van der Waals surface area (Å²) < 4.78 is 6.14. The van der Waals surface area contributed by atoms with Gasteiger partial charge < -0.3 is 15.8 Å². The van der Waals surface area contributed by atoms with Crippen molar-refractivity contribution in [2.45, 2.75) is 6.92 Å². The Labute approximate surface area is 125 Å². The van der Waals surface area contributed by atoms with Gasteiger partial charge >= 0.3 is 0 Å². The minimum Gasteiger partial charge on any atom is -0.476 e. The van der Waals surface area contributed by atoms with Gasteiger partial charge in [-0.2, -0.15) is 4.98 Å². The monoisotopic (exact) mass is 341 g/mol. The highest BCUT2D eigenvalue weighted by atomic mass is 79.9. The number of halogens is 2. The fraction of sp³-hybridized carbons (Fsp3) is 0.154. The average molecular weight is 343 g/mol. The number of nitrogens with one attached hydrogen (secondary N) is 1. The van der Waals surface area contributed by atoms with Crippen molar-refractivity contribution < 1.29 is 4.74 Å². The maximum absolute atomic E-state index is 6.03. The van der Waals surface area contributed by atoms with Crippen molar-refractivity contribution >= 4 is 44.7 Å². The van der Waals surface area contributed by atoms with Crippen LogP contribution in [-0.4, -0.2) is 11.6 Å². The molecule has 0 aliphatic carbocycles. The predicted molar refractivity (Wildman–Crippen MR) is 82.3 cm³/mol. The molecule has 1 heterocycles. The summed E-state index contributed by atoms with van der Waals surface area (Å²) in [6, 6.07) is 9.09. The minimum absolute atomic E-state index is 0.422. The van der Waals surface area contributed by atoms with Gasteiger partial charge in [0.2, 0.25) is 5.88 Å². The molecule has 0 unspecified atom stereocenters. The quantitative estimate of drug-likeness (QED) is 0.873. The fourth-order valence-corrected chi connectivity index (χ4v) is 2.05. The number of ether oxygens (including phenoxy) is 1. The molecule has 1 aromatic heterocycles. The van der Waals surface area contributed by atoms with E-state index in [-0.39, 0.29) is 0 Å².